The molecule has 2 rings (SSSR count). The fourth-order valence-corrected chi connectivity index (χ4v) is 2.60. The molecule has 5 heteroatoms. The van der Waals surface area contributed by atoms with E-state index < -0.39 is 0 Å². The van der Waals surface area contributed by atoms with Gasteiger partial charge < -0.3 is 5.32 Å². The summed E-state index contributed by atoms with van der Waals surface area (Å²) in [5.41, 5.74) is 0.226. The summed E-state index contributed by atoms with van der Waals surface area (Å²) >= 11 is 0. The third kappa shape index (κ3) is 2.72. The number of nitrogens with zero attached hydrogens (tertiary/aromatic N) is 4. The number of hydrogen-bond donors (Lipinski definition) is 1. The van der Waals surface area contributed by atoms with Gasteiger partial charge in [-0.1, -0.05) is 13.8 Å². The molecule has 2 unspecified atom stereocenters. The Morgan fingerprint density at radius 1 is 1.50 bits per heavy atom. The van der Waals surface area contributed by atoms with E-state index in [4.69, 9.17) is 0 Å². The summed E-state index contributed by atoms with van der Waals surface area (Å²) in [6.07, 6.45) is 3.96. The minimum atomic E-state index is 0.226. The molecule has 18 heavy (non-hydrogen) atoms. The molecule has 5 nitrogen and oxygen atoms in total. The lowest BCUT2D eigenvalue weighted by molar-refractivity contribution is 0.0722. The van der Waals surface area contributed by atoms with Crippen LogP contribution >= 0.6 is 0 Å². The lowest BCUT2D eigenvalue weighted by atomic mass is 9.93. The summed E-state index contributed by atoms with van der Waals surface area (Å²) in [6.45, 7) is 9.85. The van der Waals surface area contributed by atoms with Crippen molar-refractivity contribution in [3.05, 3.63) is 12.2 Å². The first kappa shape index (κ1) is 13.5. The van der Waals surface area contributed by atoms with Gasteiger partial charge in [0, 0.05) is 31.7 Å². The Balaban J connectivity index is 2.09. The minimum Gasteiger partial charge on any atom is -0.309 e. The predicted molar refractivity (Wildman–Crippen MR) is 72.2 cm³/mol. The molecule has 2 heterocycles. The van der Waals surface area contributed by atoms with Crippen molar-refractivity contribution in [2.75, 3.05) is 13.1 Å². The molecule has 1 aliphatic rings. The molecule has 0 aliphatic carbocycles. The second-order valence-electron chi connectivity index (χ2n) is 5.56. The van der Waals surface area contributed by atoms with E-state index in [1.54, 1.807) is 6.33 Å². The number of hydrogen-bond acceptors (Lipinski definition) is 4. The smallest absolute Gasteiger partial charge is 0.140 e. The quantitative estimate of drug-likeness (QED) is 0.872. The van der Waals surface area contributed by atoms with E-state index in [1.165, 1.54) is 6.42 Å². The average molecular weight is 251 g/mol. The monoisotopic (exact) mass is 251 g/mol. The molecular weight excluding hydrogens is 226 g/mol. The first-order chi connectivity index (χ1) is 8.58. The van der Waals surface area contributed by atoms with Crippen LogP contribution in [0.5, 0.6) is 0 Å². The van der Waals surface area contributed by atoms with Crippen LogP contribution in [0.3, 0.4) is 0 Å². The zero-order valence-electron chi connectivity index (χ0n) is 12.0. The van der Waals surface area contributed by atoms with E-state index in [0.717, 1.165) is 31.9 Å². The van der Waals surface area contributed by atoms with Crippen LogP contribution in [0, 0.1) is 0 Å². The molecule has 0 amide bonds. The Bertz CT molecular complexity index is 388. The van der Waals surface area contributed by atoms with E-state index in [-0.39, 0.29) is 5.54 Å². The first-order valence-electron chi connectivity index (χ1n) is 6.90. The van der Waals surface area contributed by atoms with Crippen LogP contribution < -0.4 is 5.32 Å². The summed E-state index contributed by atoms with van der Waals surface area (Å²) < 4.78 is 1.87. The van der Waals surface area contributed by atoms with Crippen molar-refractivity contribution in [2.24, 2.45) is 7.05 Å². The maximum Gasteiger partial charge on any atom is 0.140 e. The summed E-state index contributed by atoms with van der Waals surface area (Å²) in [6, 6.07) is 0.598. The van der Waals surface area contributed by atoms with Gasteiger partial charge in [-0.3, -0.25) is 9.58 Å². The Labute approximate surface area is 110 Å². The molecule has 1 fully saturated rings. The summed E-state index contributed by atoms with van der Waals surface area (Å²) in [5.74, 6) is 1.05. The van der Waals surface area contributed by atoms with Crippen molar-refractivity contribution >= 4 is 0 Å². The van der Waals surface area contributed by atoms with Gasteiger partial charge in [0.1, 0.15) is 12.2 Å². The lowest BCUT2D eigenvalue weighted by Crippen LogP contribution is -2.62. The number of rotatable bonds is 4. The van der Waals surface area contributed by atoms with Crippen LogP contribution in [0.1, 0.15) is 39.4 Å². The molecule has 1 N–H and O–H groups in total. The van der Waals surface area contributed by atoms with Crippen LogP contribution in [-0.2, 0) is 13.6 Å². The second kappa shape index (κ2) is 5.36. The van der Waals surface area contributed by atoms with Gasteiger partial charge in [0.25, 0.3) is 0 Å². The van der Waals surface area contributed by atoms with E-state index >= 15 is 0 Å². The molecule has 1 saturated heterocycles. The molecule has 0 radical (unpaired) electrons. The van der Waals surface area contributed by atoms with Crippen molar-refractivity contribution in [3.8, 4) is 0 Å². The van der Waals surface area contributed by atoms with Crippen LogP contribution in [0.4, 0.5) is 0 Å². The van der Waals surface area contributed by atoms with Crippen LogP contribution in [0.15, 0.2) is 6.33 Å². The second-order valence-corrected chi connectivity index (χ2v) is 5.56. The van der Waals surface area contributed by atoms with Gasteiger partial charge in [-0.05, 0) is 19.8 Å². The summed E-state index contributed by atoms with van der Waals surface area (Å²) in [7, 11) is 1.96. The molecule has 1 aromatic heterocycles. The van der Waals surface area contributed by atoms with Crippen LogP contribution in [-0.4, -0.2) is 44.3 Å². The van der Waals surface area contributed by atoms with Crippen LogP contribution in [0.2, 0.25) is 0 Å². The van der Waals surface area contributed by atoms with Gasteiger partial charge >= 0.3 is 0 Å². The number of piperazine rings is 1. The maximum absolute atomic E-state index is 4.34. The van der Waals surface area contributed by atoms with Gasteiger partial charge in [-0.15, -0.1) is 0 Å². The summed E-state index contributed by atoms with van der Waals surface area (Å²) in [4.78, 5) is 6.89. The molecule has 0 spiro atoms. The third-order valence-corrected chi connectivity index (χ3v) is 4.23. The molecular formula is C13H25N5. The number of nitrogens with one attached hydrogen (secondary N) is 1. The van der Waals surface area contributed by atoms with E-state index in [1.807, 2.05) is 11.7 Å². The Morgan fingerprint density at radius 2 is 2.28 bits per heavy atom. The Hall–Kier alpha value is -0.940. The standard InChI is InChI=1S/C13H25N5/c1-5-11-7-15-13(3,6-2)9-18(11)8-12-14-10-16-17(12)4/h10-11,15H,5-9H2,1-4H3. The SMILES string of the molecule is CCC1CNC(C)(CC)CN1Cc1ncnn1C. The fraction of sp³-hybridized carbons (Fsp3) is 0.846. The third-order valence-electron chi connectivity index (χ3n) is 4.23. The number of aromatic nitrogens is 3. The number of aryl methyl sites for hydroxylation is 1. The van der Waals surface area contributed by atoms with Crippen molar-refractivity contribution in [1.82, 2.24) is 25.0 Å². The summed E-state index contributed by atoms with van der Waals surface area (Å²) in [5, 5.41) is 7.84. The van der Waals surface area contributed by atoms with Crippen molar-refractivity contribution in [2.45, 2.75) is 51.7 Å². The molecule has 1 aromatic rings. The molecule has 0 aromatic carbocycles. The topological polar surface area (TPSA) is 46.0 Å². The van der Waals surface area contributed by atoms with Crippen molar-refractivity contribution < 1.29 is 0 Å². The van der Waals surface area contributed by atoms with Crippen LogP contribution in [0.25, 0.3) is 0 Å². The van der Waals surface area contributed by atoms with Gasteiger partial charge in [0.15, 0.2) is 0 Å². The molecule has 2 atom stereocenters. The van der Waals surface area contributed by atoms with Gasteiger partial charge in [-0.2, -0.15) is 5.10 Å². The van der Waals surface area contributed by atoms with Crippen molar-refractivity contribution in [3.63, 3.8) is 0 Å². The molecule has 0 bridgehead atoms. The maximum atomic E-state index is 4.34. The fourth-order valence-electron chi connectivity index (χ4n) is 2.60. The predicted octanol–water partition coefficient (Wildman–Crippen LogP) is 1.17. The zero-order valence-corrected chi connectivity index (χ0v) is 12.0. The van der Waals surface area contributed by atoms with E-state index in [0.29, 0.717) is 6.04 Å². The lowest BCUT2D eigenvalue weighted by Gasteiger charge is -2.45. The highest BCUT2D eigenvalue weighted by molar-refractivity contribution is 4.96. The van der Waals surface area contributed by atoms with E-state index in [9.17, 15) is 0 Å². The molecule has 0 saturated carbocycles. The highest BCUT2D eigenvalue weighted by atomic mass is 15.3. The normalized spacial score (nSPS) is 29.7. The van der Waals surface area contributed by atoms with Gasteiger partial charge in [0.05, 0.1) is 6.54 Å². The highest BCUT2D eigenvalue weighted by Gasteiger charge is 2.34. The zero-order chi connectivity index (χ0) is 13.2. The highest BCUT2D eigenvalue weighted by Crippen LogP contribution is 2.21. The molecule has 102 valence electrons. The van der Waals surface area contributed by atoms with E-state index in [2.05, 4.69) is 41.1 Å². The largest absolute Gasteiger partial charge is 0.309 e. The minimum absolute atomic E-state index is 0.226. The Kier molecular flexibility index (Phi) is 4.02. The Morgan fingerprint density at radius 3 is 2.83 bits per heavy atom. The van der Waals surface area contributed by atoms with Crippen molar-refractivity contribution in [1.29, 1.82) is 0 Å². The molecule has 1 aliphatic heterocycles. The first-order valence-corrected chi connectivity index (χ1v) is 6.90. The average Bonchev–Trinajstić information content (AvgIpc) is 2.76. The van der Waals surface area contributed by atoms with Gasteiger partial charge in [0.2, 0.25) is 0 Å². The van der Waals surface area contributed by atoms with Gasteiger partial charge in [-0.25, -0.2) is 4.98 Å².